The highest BCUT2D eigenvalue weighted by Gasteiger charge is 2.44. The van der Waals surface area contributed by atoms with Gasteiger partial charge in [-0.05, 0) is 0 Å². The summed E-state index contributed by atoms with van der Waals surface area (Å²) in [6, 6.07) is -0.618. The molecule has 1 aliphatic rings. The number of hydrogen-bond donors (Lipinski definition) is 2. The fraction of sp³-hybridized carbons (Fsp3) is 1.00. The van der Waals surface area contributed by atoms with E-state index in [0.29, 0.717) is 6.61 Å². The van der Waals surface area contributed by atoms with Crippen LogP contribution in [0.3, 0.4) is 0 Å². The molecule has 0 amide bonds. The predicted octanol–water partition coefficient (Wildman–Crippen LogP) is -1.29. The topological polar surface area (TPSA) is 83.2 Å². The molecule has 1 fully saturated rings. The van der Waals surface area contributed by atoms with Crippen LogP contribution in [0.25, 0.3) is 0 Å². The van der Waals surface area contributed by atoms with Crippen molar-refractivity contribution in [3.8, 4) is 0 Å². The van der Waals surface area contributed by atoms with Crippen LogP contribution in [0.15, 0.2) is 0 Å². The van der Waals surface area contributed by atoms with Crippen molar-refractivity contribution in [1.82, 2.24) is 0 Å². The Morgan fingerprint density at radius 3 is 2.27 bits per heavy atom. The van der Waals surface area contributed by atoms with Crippen LogP contribution in [-0.2, 0) is 18.9 Å². The molecule has 0 aromatic carbocycles. The van der Waals surface area contributed by atoms with E-state index in [9.17, 15) is 5.11 Å². The van der Waals surface area contributed by atoms with Gasteiger partial charge in [0, 0.05) is 21.3 Å². The van der Waals surface area contributed by atoms with Crippen LogP contribution >= 0.6 is 0 Å². The van der Waals surface area contributed by atoms with Crippen LogP contribution in [0.2, 0.25) is 0 Å². The summed E-state index contributed by atoms with van der Waals surface area (Å²) in [5, 5.41) is 9.55. The number of rotatable bonds is 4. The maximum absolute atomic E-state index is 9.55. The number of methoxy groups -OCH3 is 3. The Morgan fingerprint density at radius 2 is 1.80 bits per heavy atom. The summed E-state index contributed by atoms with van der Waals surface area (Å²) in [6.07, 6.45) is -2.17. The Bertz CT molecular complexity index is 191. The van der Waals surface area contributed by atoms with E-state index >= 15 is 0 Å². The van der Waals surface area contributed by atoms with E-state index in [0.717, 1.165) is 0 Å². The summed E-state index contributed by atoms with van der Waals surface area (Å²) in [4.78, 5) is 0. The van der Waals surface area contributed by atoms with Crippen molar-refractivity contribution in [2.45, 2.75) is 30.6 Å². The summed E-state index contributed by atoms with van der Waals surface area (Å²) in [7, 11) is 4.63. The third-order valence-corrected chi connectivity index (χ3v) is 2.59. The molecule has 6 heteroatoms. The molecule has 1 saturated heterocycles. The van der Waals surface area contributed by atoms with Gasteiger partial charge >= 0.3 is 0 Å². The second-order valence-corrected chi connectivity index (χ2v) is 3.50. The molecule has 0 aromatic rings. The fourth-order valence-corrected chi connectivity index (χ4v) is 1.82. The van der Waals surface area contributed by atoms with E-state index in [4.69, 9.17) is 24.7 Å². The average Bonchev–Trinajstić information content (AvgIpc) is 2.23. The van der Waals surface area contributed by atoms with Gasteiger partial charge in [0.05, 0.1) is 12.6 Å². The second-order valence-electron chi connectivity index (χ2n) is 3.50. The van der Waals surface area contributed by atoms with Crippen LogP contribution in [0, 0.1) is 0 Å². The summed E-state index contributed by atoms with van der Waals surface area (Å²) >= 11 is 0. The number of aliphatic hydroxyl groups excluding tert-OH is 1. The summed E-state index contributed by atoms with van der Waals surface area (Å²) < 4.78 is 20.7. The molecule has 0 aromatic heterocycles. The van der Waals surface area contributed by atoms with E-state index in [1.54, 1.807) is 14.2 Å². The summed E-state index contributed by atoms with van der Waals surface area (Å²) in [6.45, 7) is 0.322. The highest BCUT2D eigenvalue weighted by molar-refractivity contribution is 4.92. The number of nitrogens with two attached hydrogens (primary N) is 1. The monoisotopic (exact) mass is 221 g/mol. The first-order valence-electron chi connectivity index (χ1n) is 4.79. The van der Waals surface area contributed by atoms with E-state index < -0.39 is 18.4 Å². The zero-order chi connectivity index (χ0) is 11.4. The summed E-state index contributed by atoms with van der Waals surface area (Å²) in [5.41, 5.74) is 5.74. The van der Waals surface area contributed by atoms with E-state index in [1.165, 1.54) is 7.11 Å². The minimum Gasteiger partial charge on any atom is -0.382 e. The number of hydrogen-bond acceptors (Lipinski definition) is 6. The van der Waals surface area contributed by atoms with Gasteiger partial charge in [0.25, 0.3) is 0 Å². The van der Waals surface area contributed by atoms with Crippen molar-refractivity contribution in [1.29, 1.82) is 0 Å². The Labute approximate surface area is 89.2 Å². The summed E-state index contributed by atoms with van der Waals surface area (Å²) in [5.74, 6) is 0. The normalized spacial score (nSPS) is 41.8. The molecular formula is C9H19NO5. The van der Waals surface area contributed by atoms with Crippen molar-refractivity contribution in [2.24, 2.45) is 5.73 Å². The van der Waals surface area contributed by atoms with Crippen LogP contribution in [0.5, 0.6) is 0 Å². The van der Waals surface area contributed by atoms with Crippen LogP contribution in [-0.4, -0.2) is 63.7 Å². The molecule has 0 bridgehead atoms. The Kier molecular flexibility index (Phi) is 4.91. The van der Waals surface area contributed by atoms with Gasteiger partial charge in [0.1, 0.15) is 18.3 Å². The molecule has 1 rings (SSSR count). The molecule has 1 aliphatic heterocycles. The lowest BCUT2D eigenvalue weighted by molar-refractivity contribution is -0.259. The minimum atomic E-state index is -1.05. The maximum Gasteiger partial charge on any atom is 0.173 e. The molecule has 0 aliphatic carbocycles. The van der Waals surface area contributed by atoms with Gasteiger partial charge in [-0.15, -0.1) is 0 Å². The molecule has 90 valence electrons. The van der Waals surface area contributed by atoms with E-state index in [1.807, 2.05) is 0 Å². The first kappa shape index (κ1) is 12.8. The van der Waals surface area contributed by atoms with Gasteiger partial charge in [-0.25, -0.2) is 0 Å². The molecule has 6 nitrogen and oxygen atoms in total. The Morgan fingerprint density at radius 1 is 1.20 bits per heavy atom. The molecule has 15 heavy (non-hydrogen) atoms. The van der Waals surface area contributed by atoms with Gasteiger partial charge in [-0.3, -0.25) is 0 Å². The predicted molar refractivity (Wildman–Crippen MR) is 52.3 cm³/mol. The highest BCUT2D eigenvalue weighted by atomic mass is 16.6. The van der Waals surface area contributed by atoms with E-state index in [-0.39, 0.29) is 12.2 Å². The highest BCUT2D eigenvalue weighted by Crippen LogP contribution is 2.22. The van der Waals surface area contributed by atoms with Crippen molar-refractivity contribution >= 4 is 0 Å². The lowest BCUT2D eigenvalue weighted by Crippen LogP contribution is -2.63. The van der Waals surface area contributed by atoms with Gasteiger partial charge < -0.3 is 29.8 Å². The molecule has 0 radical (unpaired) electrons. The van der Waals surface area contributed by atoms with Crippen LogP contribution in [0.4, 0.5) is 0 Å². The SMILES string of the molecule is COCC1OC(O)C(N)C(OC)C1OC. The standard InChI is InChI=1S/C9H19NO5/c1-12-4-5-7(13-2)8(14-3)6(10)9(11)15-5/h5-9,11H,4,10H2,1-3H3. The smallest absolute Gasteiger partial charge is 0.173 e. The third kappa shape index (κ3) is 2.66. The Balaban J connectivity index is 2.73. The van der Waals surface area contributed by atoms with Gasteiger partial charge in [-0.2, -0.15) is 0 Å². The Hall–Kier alpha value is -0.240. The van der Waals surface area contributed by atoms with Gasteiger partial charge in [0.15, 0.2) is 6.29 Å². The lowest BCUT2D eigenvalue weighted by atomic mass is 9.97. The first-order chi connectivity index (χ1) is 7.15. The molecule has 1 heterocycles. The largest absolute Gasteiger partial charge is 0.382 e. The van der Waals surface area contributed by atoms with Crippen molar-refractivity contribution < 1.29 is 24.1 Å². The zero-order valence-electron chi connectivity index (χ0n) is 9.25. The molecule has 5 unspecified atom stereocenters. The number of aliphatic hydroxyl groups is 1. The molecule has 3 N–H and O–H groups in total. The molecule has 0 saturated carbocycles. The minimum absolute atomic E-state index is 0.322. The fourth-order valence-electron chi connectivity index (χ4n) is 1.82. The average molecular weight is 221 g/mol. The quantitative estimate of drug-likeness (QED) is 0.614. The second kappa shape index (κ2) is 5.74. The molecule has 5 atom stereocenters. The zero-order valence-corrected chi connectivity index (χ0v) is 9.25. The first-order valence-corrected chi connectivity index (χ1v) is 4.79. The van der Waals surface area contributed by atoms with Gasteiger partial charge in [0.2, 0.25) is 0 Å². The van der Waals surface area contributed by atoms with Crippen LogP contribution < -0.4 is 5.73 Å². The van der Waals surface area contributed by atoms with Crippen molar-refractivity contribution in [3.05, 3.63) is 0 Å². The lowest BCUT2D eigenvalue weighted by Gasteiger charge is -2.42. The molecule has 0 spiro atoms. The van der Waals surface area contributed by atoms with Crippen LogP contribution in [0.1, 0.15) is 0 Å². The van der Waals surface area contributed by atoms with E-state index in [2.05, 4.69) is 0 Å². The van der Waals surface area contributed by atoms with Crippen molar-refractivity contribution in [2.75, 3.05) is 27.9 Å². The third-order valence-electron chi connectivity index (χ3n) is 2.59. The number of ether oxygens (including phenoxy) is 4. The maximum atomic E-state index is 9.55. The van der Waals surface area contributed by atoms with Gasteiger partial charge in [-0.1, -0.05) is 0 Å². The molecular weight excluding hydrogens is 202 g/mol. The van der Waals surface area contributed by atoms with Crippen molar-refractivity contribution in [3.63, 3.8) is 0 Å².